The maximum atomic E-state index is 12.3. The number of rotatable bonds is 5. The highest BCUT2D eigenvalue weighted by Crippen LogP contribution is 2.33. The number of thiophene rings is 1. The van der Waals surface area contributed by atoms with Gasteiger partial charge in [-0.2, -0.15) is 0 Å². The Balaban J connectivity index is 1.84. The molecule has 3 rings (SSSR count). The van der Waals surface area contributed by atoms with Crippen LogP contribution in [0.4, 0.5) is 0 Å². The first kappa shape index (κ1) is 18.9. The van der Waals surface area contributed by atoms with Crippen molar-refractivity contribution in [2.24, 2.45) is 0 Å². The lowest BCUT2D eigenvalue weighted by Gasteiger charge is -2.06. The van der Waals surface area contributed by atoms with Crippen molar-refractivity contribution in [3.63, 3.8) is 0 Å². The predicted molar refractivity (Wildman–Crippen MR) is 109 cm³/mol. The first-order valence-electron chi connectivity index (χ1n) is 8.12. The van der Waals surface area contributed by atoms with Gasteiger partial charge in [-0.25, -0.2) is 4.79 Å². The lowest BCUT2D eigenvalue weighted by atomic mass is 10.1. The van der Waals surface area contributed by atoms with Gasteiger partial charge in [-0.3, -0.25) is 4.79 Å². The summed E-state index contributed by atoms with van der Waals surface area (Å²) in [4.78, 5) is 25.5. The van der Waals surface area contributed by atoms with E-state index in [1.165, 1.54) is 17.4 Å². The molecule has 1 amide bonds. The Hall–Kier alpha value is -2.89. The minimum absolute atomic E-state index is 0.187. The summed E-state index contributed by atoms with van der Waals surface area (Å²) in [7, 11) is 0. The number of nitrogens with one attached hydrogen (secondary N) is 1. The third-order valence-electron chi connectivity index (χ3n) is 3.85. The molecule has 2 aromatic carbocycles. The number of hydrogen-bond donors (Lipinski definition) is 2. The largest absolute Gasteiger partial charge is 0.477 e. The molecule has 0 radical (unpaired) electrons. The molecule has 0 aliphatic heterocycles. The molecule has 27 heavy (non-hydrogen) atoms. The van der Waals surface area contributed by atoms with Gasteiger partial charge in [0.1, 0.15) is 5.70 Å². The van der Waals surface area contributed by atoms with Crippen LogP contribution >= 0.6 is 22.9 Å². The molecule has 0 saturated carbocycles. The molecule has 0 fully saturated rings. The van der Waals surface area contributed by atoms with Crippen LogP contribution in [0.1, 0.15) is 20.8 Å². The summed E-state index contributed by atoms with van der Waals surface area (Å²) in [5.41, 5.74) is 2.11. The van der Waals surface area contributed by atoms with Gasteiger partial charge in [0.25, 0.3) is 5.91 Å². The monoisotopic (exact) mass is 397 g/mol. The fraction of sp³-hybridized carbons (Fsp3) is 0.0476. The van der Waals surface area contributed by atoms with Crippen molar-refractivity contribution in [3.8, 4) is 10.4 Å². The molecule has 3 aromatic rings. The zero-order chi connectivity index (χ0) is 19.4. The zero-order valence-electron chi connectivity index (χ0n) is 14.4. The molecule has 0 atom stereocenters. The number of amides is 1. The van der Waals surface area contributed by atoms with Crippen LogP contribution in [0.3, 0.4) is 0 Å². The lowest BCUT2D eigenvalue weighted by molar-refractivity contribution is -0.132. The highest BCUT2D eigenvalue weighted by molar-refractivity contribution is 7.16. The fourth-order valence-corrected chi connectivity index (χ4v) is 3.71. The van der Waals surface area contributed by atoms with Crippen LogP contribution in [0.15, 0.2) is 66.4 Å². The molecule has 136 valence electrons. The Kier molecular flexibility index (Phi) is 5.74. The van der Waals surface area contributed by atoms with Gasteiger partial charge in [-0.05, 0) is 43.3 Å². The quantitative estimate of drug-likeness (QED) is 0.579. The van der Waals surface area contributed by atoms with Crippen molar-refractivity contribution in [2.75, 3.05) is 0 Å². The van der Waals surface area contributed by atoms with Crippen LogP contribution in [-0.2, 0) is 4.79 Å². The van der Waals surface area contributed by atoms with E-state index in [-0.39, 0.29) is 5.70 Å². The average molecular weight is 398 g/mol. The molecule has 0 aliphatic carbocycles. The summed E-state index contributed by atoms with van der Waals surface area (Å²) in [6.07, 6.45) is 1.44. The normalized spacial score (nSPS) is 11.3. The van der Waals surface area contributed by atoms with E-state index in [0.29, 0.717) is 15.5 Å². The molecule has 1 heterocycles. The summed E-state index contributed by atoms with van der Waals surface area (Å²) >= 11 is 7.61. The first-order valence-corrected chi connectivity index (χ1v) is 9.31. The number of carbonyl (C=O) groups excluding carboxylic acids is 1. The van der Waals surface area contributed by atoms with Crippen molar-refractivity contribution in [2.45, 2.75) is 6.92 Å². The maximum Gasteiger partial charge on any atom is 0.352 e. The number of aliphatic carboxylic acids is 1. The number of aryl methyl sites for hydroxylation is 1. The number of carboxylic acids is 1. The molecule has 4 nitrogen and oxygen atoms in total. The van der Waals surface area contributed by atoms with E-state index in [1.807, 2.05) is 31.2 Å². The molecule has 2 N–H and O–H groups in total. The molecule has 0 saturated heterocycles. The lowest BCUT2D eigenvalue weighted by Crippen LogP contribution is -2.27. The third-order valence-corrected chi connectivity index (χ3v) is 5.24. The van der Waals surface area contributed by atoms with Gasteiger partial charge in [0.15, 0.2) is 0 Å². The Bertz CT molecular complexity index is 1020. The van der Waals surface area contributed by atoms with Gasteiger partial charge in [-0.1, -0.05) is 47.5 Å². The Labute approximate surface area is 165 Å². The van der Waals surface area contributed by atoms with Crippen molar-refractivity contribution < 1.29 is 14.7 Å². The average Bonchev–Trinajstić information content (AvgIpc) is 3.10. The summed E-state index contributed by atoms with van der Waals surface area (Å²) in [5, 5.41) is 12.5. The molecule has 0 unspecified atom stereocenters. The van der Waals surface area contributed by atoms with Crippen LogP contribution in [0.25, 0.3) is 16.5 Å². The van der Waals surface area contributed by atoms with Gasteiger partial charge >= 0.3 is 5.97 Å². The van der Waals surface area contributed by atoms with E-state index in [0.717, 1.165) is 16.0 Å². The highest BCUT2D eigenvalue weighted by atomic mass is 35.5. The zero-order valence-corrected chi connectivity index (χ0v) is 16.0. The number of benzene rings is 2. The van der Waals surface area contributed by atoms with Gasteiger partial charge in [-0.15, -0.1) is 11.3 Å². The van der Waals surface area contributed by atoms with Crippen LogP contribution < -0.4 is 5.32 Å². The fourth-order valence-electron chi connectivity index (χ4n) is 2.43. The van der Waals surface area contributed by atoms with Crippen molar-refractivity contribution >= 4 is 40.9 Å². The van der Waals surface area contributed by atoms with Crippen molar-refractivity contribution in [1.82, 2.24) is 5.32 Å². The molecule has 0 aliphatic rings. The Morgan fingerprint density at radius 3 is 2.41 bits per heavy atom. The van der Waals surface area contributed by atoms with E-state index in [2.05, 4.69) is 5.32 Å². The van der Waals surface area contributed by atoms with Gasteiger partial charge in [0.05, 0.1) is 0 Å². The molecular formula is C21H16ClNO3S. The topological polar surface area (TPSA) is 66.4 Å². The smallest absolute Gasteiger partial charge is 0.352 e. The van der Waals surface area contributed by atoms with Gasteiger partial charge in [0, 0.05) is 25.9 Å². The molecule has 6 heteroatoms. The molecule has 0 bridgehead atoms. The summed E-state index contributed by atoms with van der Waals surface area (Å²) in [6.45, 7) is 1.91. The van der Waals surface area contributed by atoms with E-state index in [4.69, 9.17) is 11.6 Å². The molecule has 1 aromatic heterocycles. The minimum atomic E-state index is -1.21. The molecule has 0 spiro atoms. The maximum absolute atomic E-state index is 12.3. The Morgan fingerprint density at radius 2 is 1.74 bits per heavy atom. The predicted octanol–water partition coefficient (Wildman–Crippen LogP) is 5.23. The minimum Gasteiger partial charge on any atom is -0.477 e. The number of carbonyl (C=O) groups is 2. The number of halogens is 1. The second-order valence-electron chi connectivity index (χ2n) is 5.87. The first-order chi connectivity index (χ1) is 12.9. The summed E-state index contributed by atoms with van der Waals surface area (Å²) < 4.78 is 0. The van der Waals surface area contributed by atoms with Crippen molar-refractivity contribution in [3.05, 3.63) is 87.4 Å². The standard InChI is InChI=1S/C21H16ClNO3S/c1-13-6-8-14(9-7-13)20(24)23-18(21(25)26)12-15-10-11-19(27-15)16-4-2-3-5-17(16)22/h2-12H,1H3,(H,23,24)(H,25,26)/b18-12-. The van der Waals surface area contributed by atoms with Crippen LogP contribution in [0, 0.1) is 6.92 Å². The number of hydrogen-bond acceptors (Lipinski definition) is 3. The second kappa shape index (κ2) is 8.20. The van der Waals surface area contributed by atoms with E-state index in [1.54, 1.807) is 36.4 Å². The third kappa shape index (κ3) is 4.64. The Morgan fingerprint density at radius 1 is 1.04 bits per heavy atom. The SMILES string of the molecule is Cc1ccc(C(=O)N/C(=C\c2ccc(-c3ccccc3Cl)s2)C(=O)O)cc1. The van der Waals surface area contributed by atoms with E-state index in [9.17, 15) is 14.7 Å². The molecular weight excluding hydrogens is 382 g/mol. The van der Waals surface area contributed by atoms with Crippen LogP contribution in [0.5, 0.6) is 0 Å². The second-order valence-corrected chi connectivity index (χ2v) is 7.39. The summed E-state index contributed by atoms with van der Waals surface area (Å²) in [6, 6.07) is 18.0. The van der Waals surface area contributed by atoms with E-state index < -0.39 is 11.9 Å². The van der Waals surface area contributed by atoms with Gasteiger partial charge < -0.3 is 10.4 Å². The van der Waals surface area contributed by atoms with Gasteiger partial charge in [0.2, 0.25) is 0 Å². The van der Waals surface area contributed by atoms with Crippen LogP contribution in [0.2, 0.25) is 5.02 Å². The van der Waals surface area contributed by atoms with Crippen LogP contribution in [-0.4, -0.2) is 17.0 Å². The number of carboxylic acid groups (broad SMARTS) is 1. The summed E-state index contributed by atoms with van der Waals surface area (Å²) in [5.74, 6) is -1.67. The van der Waals surface area contributed by atoms with E-state index >= 15 is 0 Å². The van der Waals surface area contributed by atoms with Crippen molar-refractivity contribution in [1.29, 1.82) is 0 Å². The highest BCUT2D eigenvalue weighted by Gasteiger charge is 2.14.